The second-order valence-electron chi connectivity index (χ2n) is 5.48. The van der Waals surface area contributed by atoms with Crippen molar-refractivity contribution in [1.29, 1.82) is 0 Å². The number of hydrogen-bond acceptors (Lipinski definition) is 3. The second-order valence-corrected chi connectivity index (χ2v) is 5.48. The van der Waals surface area contributed by atoms with Gasteiger partial charge in [0, 0.05) is 18.8 Å². The predicted octanol–water partition coefficient (Wildman–Crippen LogP) is 1.39. The zero-order valence-corrected chi connectivity index (χ0v) is 10.4. The molecule has 2 aliphatic rings. The fraction of sp³-hybridized carbons (Fsp3) is 0.769. The molecule has 17 heavy (non-hydrogen) atoms. The lowest BCUT2D eigenvalue weighted by molar-refractivity contribution is 0.177. The van der Waals surface area contributed by atoms with Crippen LogP contribution in [0.15, 0.2) is 12.5 Å². The number of rotatable bonds is 4. The van der Waals surface area contributed by atoms with Gasteiger partial charge in [0.25, 0.3) is 0 Å². The van der Waals surface area contributed by atoms with E-state index in [9.17, 15) is 0 Å². The minimum absolute atomic E-state index is 0.745. The first-order valence-electron chi connectivity index (χ1n) is 6.80. The molecular weight excluding hydrogens is 212 g/mol. The normalized spacial score (nSPS) is 23.1. The highest BCUT2D eigenvalue weighted by atomic mass is 15.2. The molecule has 0 atom stereocenters. The molecule has 0 amide bonds. The Bertz CT molecular complexity index is 361. The van der Waals surface area contributed by atoms with E-state index in [1.807, 2.05) is 12.5 Å². The zero-order valence-electron chi connectivity index (χ0n) is 10.4. The molecule has 1 aliphatic heterocycles. The van der Waals surface area contributed by atoms with Gasteiger partial charge in [0.05, 0.1) is 12.0 Å². The molecule has 0 aromatic carbocycles. The lowest BCUT2D eigenvalue weighted by atomic mass is 9.97. The molecule has 1 saturated heterocycles. The number of aromatic nitrogens is 2. The monoisotopic (exact) mass is 234 g/mol. The summed E-state index contributed by atoms with van der Waals surface area (Å²) in [4.78, 5) is 6.84. The van der Waals surface area contributed by atoms with Crippen LogP contribution in [0.1, 0.15) is 37.4 Å². The van der Waals surface area contributed by atoms with E-state index >= 15 is 0 Å². The molecule has 0 radical (unpaired) electrons. The molecule has 0 spiro atoms. The Labute approximate surface area is 103 Å². The van der Waals surface area contributed by atoms with Gasteiger partial charge >= 0.3 is 0 Å². The summed E-state index contributed by atoms with van der Waals surface area (Å²) in [5.41, 5.74) is 7.11. The Hall–Kier alpha value is -0.870. The highest BCUT2D eigenvalue weighted by Crippen LogP contribution is 2.36. The average Bonchev–Trinajstić information content (AvgIpc) is 3.11. The Kier molecular flexibility index (Phi) is 3.16. The Morgan fingerprint density at radius 1 is 1.24 bits per heavy atom. The van der Waals surface area contributed by atoms with E-state index in [1.54, 1.807) is 0 Å². The van der Waals surface area contributed by atoms with Gasteiger partial charge in [0.1, 0.15) is 0 Å². The Morgan fingerprint density at radius 2 is 2.00 bits per heavy atom. The number of nitrogens with zero attached hydrogens (tertiary/aromatic N) is 3. The first kappa shape index (κ1) is 11.2. The van der Waals surface area contributed by atoms with Gasteiger partial charge in [-0.25, -0.2) is 4.98 Å². The van der Waals surface area contributed by atoms with E-state index in [0.29, 0.717) is 0 Å². The zero-order chi connectivity index (χ0) is 11.7. The summed E-state index contributed by atoms with van der Waals surface area (Å²) in [7, 11) is 0. The first-order valence-corrected chi connectivity index (χ1v) is 6.80. The summed E-state index contributed by atoms with van der Waals surface area (Å²) < 4.78 is 2.37. The van der Waals surface area contributed by atoms with Crippen molar-refractivity contribution in [3.63, 3.8) is 0 Å². The van der Waals surface area contributed by atoms with Crippen LogP contribution < -0.4 is 5.73 Å². The van der Waals surface area contributed by atoms with Gasteiger partial charge in [0.2, 0.25) is 0 Å². The molecule has 2 N–H and O–H groups in total. The van der Waals surface area contributed by atoms with Crippen LogP contribution in [0.2, 0.25) is 0 Å². The predicted molar refractivity (Wildman–Crippen MR) is 67.6 cm³/mol. The van der Waals surface area contributed by atoms with Crippen LogP contribution in [0.3, 0.4) is 0 Å². The lowest BCUT2D eigenvalue weighted by Crippen LogP contribution is -2.36. The fourth-order valence-corrected chi connectivity index (χ4v) is 2.75. The minimum Gasteiger partial charge on any atom is -0.330 e. The van der Waals surface area contributed by atoms with Crippen LogP contribution in [0, 0.1) is 5.92 Å². The maximum atomic E-state index is 5.72. The molecule has 94 valence electrons. The van der Waals surface area contributed by atoms with Crippen molar-refractivity contribution in [3.05, 3.63) is 18.2 Å². The van der Waals surface area contributed by atoms with Crippen LogP contribution >= 0.6 is 0 Å². The summed E-state index contributed by atoms with van der Waals surface area (Å²) >= 11 is 0. The smallest absolute Gasteiger partial charge is 0.0951 e. The van der Waals surface area contributed by atoms with Gasteiger partial charge in [0.15, 0.2) is 0 Å². The van der Waals surface area contributed by atoms with Crippen LogP contribution in [-0.4, -0.2) is 34.1 Å². The van der Waals surface area contributed by atoms with Crippen molar-refractivity contribution in [2.24, 2.45) is 11.7 Å². The number of piperidine rings is 1. The van der Waals surface area contributed by atoms with Gasteiger partial charge in [-0.05, 0) is 51.2 Å². The maximum absolute atomic E-state index is 5.72. The van der Waals surface area contributed by atoms with Crippen molar-refractivity contribution in [1.82, 2.24) is 14.5 Å². The number of imidazole rings is 1. The van der Waals surface area contributed by atoms with Crippen molar-refractivity contribution >= 4 is 0 Å². The van der Waals surface area contributed by atoms with Crippen LogP contribution in [-0.2, 0) is 6.54 Å². The largest absolute Gasteiger partial charge is 0.330 e. The summed E-state index contributed by atoms with van der Waals surface area (Å²) in [6.07, 6.45) is 9.21. The molecule has 1 aromatic heterocycles. The van der Waals surface area contributed by atoms with E-state index in [-0.39, 0.29) is 0 Å². The van der Waals surface area contributed by atoms with Gasteiger partial charge in [-0.3, -0.25) is 4.90 Å². The maximum Gasteiger partial charge on any atom is 0.0951 e. The van der Waals surface area contributed by atoms with Crippen LogP contribution in [0.4, 0.5) is 0 Å². The van der Waals surface area contributed by atoms with Crippen molar-refractivity contribution in [2.45, 2.75) is 38.3 Å². The first-order chi connectivity index (χ1) is 8.36. The average molecular weight is 234 g/mol. The second kappa shape index (κ2) is 4.78. The van der Waals surface area contributed by atoms with E-state index in [1.165, 1.54) is 44.5 Å². The molecule has 2 heterocycles. The number of hydrogen-bond donors (Lipinski definition) is 1. The Morgan fingerprint density at radius 3 is 2.65 bits per heavy atom. The standard InChI is InChI=1S/C13H22N4/c14-7-11-3-5-16(6-4-11)9-13-8-15-10-17(13)12-1-2-12/h8,10-12H,1-7,9,14H2. The van der Waals surface area contributed by atoms with Crippen molar-refractivity contribution in [3.8, 4) is 0 Å². The molecule has 1 aromatic rings. The van der Waals surface area contributed by atoms with E-state index in [2.05, 4.69) is 14.5 Å². The van der Waals surface area contributed by atoms with Gasteiger partial charge in [-0.1, -0.05) is 0 Å². The third-order valence-electron chi connectivity index (χ3n) is 4.11. The molecule has 4 heteroatoms. The van der Waals surface area contributed by atoms with Gasteiger partial charge in [-0.15, -0.1) is 0 Å². The molecule has 1 saturated carbocycles. The van der Waals surface area contributed by atoms with E-state index < -0.39 is 0 Å². The van der Waals surface area contributed by atoms with E-state index in [4.69, 9.17) is 5.73 Å². The SMILES string of the molecule is NCC1CCN(Cc2cncn2C2CC2)CC1. The molecule has 4 nitrogen and oxygen atoms in total. The summed E-state index contributed by atoms with van der Waals surface area (Å²) in [6.45, 7) is 4.30. The number of nitrogens with two attached hydrogens (primary N) is 1. The summed E-state index contributed by atoms with van der Waals surface area (Å²) in [5, 5.41) is 0. The third kappa shape index (κ3) is 2.53. The third-order valence-corrected chi connectivity index (χ3v) is 4.11. The van der Waals surface area contributed by atoms with Crippen molar-refractivity contribution < 1.29 is 0 Å². The molecule has 0 bridgehead atoms. The highest BCUT2D eigenvalue weighted by Gasteiger charge is 2.26. The van der Waals surface area contributed by atoms with Crippen molar-refractivity contribution in [2.75, 3.05) is 19.6 Å². The van der Waals surface area contributed by atoms with Crippen LogP contribution in [0.5, 0.6) is 0 Å². The summed E-state index contributed by atoms with van der Waals surface area (Å²) in [5.74, 6) is 0.750. The minimum atomic E-state index is 0.745. The molecule has 0 unspecified atom stereocenters. The quantitative estimate of drug-likeness (QED) is 0.856. The molecule has 2 fully saturated rings. The highest BCUT2D eigenvalue weighted by molar-refractivity contribution is 5.03. The van der Waals surface area contributed by atoms with Gasteiger partial charge < -0.3 is 10.3 Å². The molecule has 3 rings (SSSR count). The topological polar surface area (TPSA) is 47.1 Å². The molecular formula is C13H22N4. The molecule has 1 aliphatic carbocycles. The van der Waals surface area contributed by atoms with Crippen LogP contribution in [0.25, 0.3) is 0 Å². The van der Waals surface area contributed by atoms with E-state index in [0.717, 1.165) is 25.0 Å². The summed E-state index contributed by atoms with van der Waals surface area (Å²) in [6, 6.07) is 0.745. The lowest BCUT2D eigenvalue weighted by Gasteiger charge is -2.31. The number of likely N-dealkylation sites (tertiary alicyclic amines) is 1. The Balaban J connectivity index is 1.58. The fourth-order valence-electron chi connectivity index (χ4n) is 2.75. The van der Waals surface area contributed by atoms with Gasteiger partial charge in [-0.2, -0.15) is 0 Å².